The predicted octanol–water partition coefficient (Wildman–Crippen LogP) is 3.38. The van der Waals surface area contributed by atoms with E-state index in [2.05, 4.69) is 19.9 Å². The highest BCUT2D eigenvalue weighted by molar-refractivity contribution is 5.95. The fourth-order valence-corrected chi connectivity index (χ4v) is 5.22. The van der Waals surface area contributed by atoms with Gasteiger partial charge in [0, 0.05) is 60.7 Å². The zero-order valence-electron chi connectivity index (χ0n) is 19.6. The minimum Gasteiger partial charge on any atom is -0.384 e. The molecule has 8 heteroatoms. The van der Waals surface area contributed by atoms with Crippen LogP contribution in [0.25, 0.3) is 22.4 Å². The molecule has 3 heterocycles. The van der Waals surface area contributed by atoms with Gasteiger partial charge in [-0.25, -0.2) is 15.0 Å². The Morgan fingerprint density at radius 1 is 0.912 bits per heavy atom. The number of nitrogens with two attached hydrogens (primary N) is 2. The largest absolute Gasteiger partial charge is 0.384 e. The molecule has 5 rings (SSSR count). The second-order valence-corrected chi connectivity index (χ2v) is 9.21. The van der Waals surface area contributed by atoms with E-state index in [1.807, 2.05) is 42.2 Å². The number of benzene rings is 1. The third-order valence-corrected chi connectivity index (χ3v) is 7.03. The van der Waals surface area contributed by atoms with Gasteiger partial charge >= 0.3 is 0 Å². The Labute approximate surface area is 200 Å². The third kappa shape index (κ3) is 4.46. The Kier molecular flexibility index (Phi) is 6.15. The molecule has 8 nitrogen and oxygen atoms in total. The smallest absolute Gasteiger partial charge is 0.253 e. The molecule has 3 aromatic rings. The SMILES string of the molecule is Cc1nc(N)nc(-c2ccc(C(=O)N3CCN(C4CCCC4)CC3)cc2)c1-c1ccc(N)nc1. The van der Waals surface area contributed by atoms with Gasteiger partial charge in [-0.15, -0.1) is 0 Å². The Morgan fingerprint density at radius 3 is 2.24 bits per heavy atom. The van der Waals surface area contributed by atoms with Gasteiger partial charge in [0.15, 0.2) is 0 Å². The van der Waals surface area contributed by atoms with Crippen LogP contribution in [-0.4, -0.2) is 62.9 Å². The summed E-state index contributed by atoms with van der Waals surface area (Å²) in [5.41, 5.74) is 16.5. The number of hydrogen-bond donors (Lipinski definition) is 2. The van der Waals surface area contributed by atoms with Gasteiger partial charge in [0.2, 0.25) is 5.95 Å². The molecule has 2 aliphatic rings. The van der Waals surface area contributed by atoms with Gasteiger partial charge in [-0.2, -0.15) is 0 Å². The monoisotopic (exact) mass is 457 g/mol. The first-order chi connectivity index (χ1) is 16.5. The predicted molar refractivity (Wildman–Crippen MR) is 134 cm³/mol. The summed E-state index contributed by atoms with van der Waals surface area (Å²) in [4.78, 5) is 30.8. The van der Waals surface area contributed by atoms with Gasteiger partial charge in [-0.3, -0.25) is 9.69 Å². The maximum Gasteiger partial charge on any atom is 0.253 e. The Hall–Kier alpha value is -3.52. The second-order valence-electron chi connectivity index (χ2n) is 9.21. The van der Waals surface area contributed by atoms with Gasteiger partial charge in [-0.05, 0) is 44.0 Å². The van der Waals surface area contributed by atoms with Crippen molar-refractivity contribution in [3.8, 4) is 22.4 Å². The molecule has 4 N–H and O–H groups in total. The van der Waals surface area contributed by atoms with Gasteiger partial charge < -0.3 is 16.4 Å². The molecule has 1 aliphatic heterocycles. The van der Waals surface area contributed by atoms with Crippen LogP contribution in [-0.2, 0) is 0 Å². The van der Waals surface area contributed by atoms with Crippen molar-refractivity contribution in [2.24, 2.45) is 0 Å². The van der Waals surface area contributed by atoms with E-state index in [0.29, 0.717) is 23.1 Å². The van der Waals surface area contributed by atoms with Crippen molar-refractivity contribution in [1.29, 1.82) is 0 Å². The van der Waals surface area contributed by atoms with E-state index in [1.54, 1.807) is 12.3 Å². The number of rotatable bonds is 4. The van der Waals surface area contributed by atoms with Crippen LogP contribution in [0.15, 0.2) is 42.6 Å². The summed E-state index contributed by atoms with van der Waals surface area (Å²) >= 11 is 0. The summed E-state index contributed by atoms with van der Waals surface area (Å²) in [5.74, 6) is 0.741. The summed E-state index contributed by atoms with van der Waals surface area (Å²) in [6, 6.07) is 12.0. The lowest BCUT2D eigenvalue weighted by Gasteiger charge is -2.38. The number of carbonyl (C=O) groups excluding carboxylic acids is 1. The molecule has 1 aliphatic carbocycles. The van der Waals surface area contributed by atoms with Crippen molar-refractivity contribution in [3.63, 3.8) is 0 Å². The maximum atomic E-state index is 13.1. The van der Waals surface area contributed by atoms with Crippen molar-refractivity contribution in [3.05, 3.63) is 53.9 Å². The van der Waals surface area contributed by atoms with Gasteiger partial charge in [0.05, 0.1) is 11.4 Å². The Morgan fingerprint density at radius 2 is 1.59 bits per heavy atom. The summed E-state index contributed by atoms with van der Waals surface area (Å²) in [7, 11) is 0. The highest BCUT2D eigenvalue weighted by Crippen LogP contribution is 2.33. The molecule has 0 atom stereocenters. The number of hydrogen-bond acceptors (Lipinski definition) is 7. The molecule has 0 unspecified atom stereocenters. The van der Waals surface area contributed by atoms with E-state index in [-0.39, 0.29) is 11.9 Å². The van der Waals surface area contributed by atoms with E-state index in [9.17, 15) is 4.79 Å². The molecule has 2 aromatic heterocycles. The standard InChI is InChI=1S/C26H31N7O/c1-17-23(20-10-11-22(27)29-16-20)24(31-26(28)30-17)18-6-8-19(9-7-18)25(34)33-14-12-32(13-15-33)21-4-2-3-5-21/h6-11,16,21H,2-5,12-15H2,1H3,(H2,27,29)(H2,28,30,31). The van der Waals surface area contributed by atoms with Crippen LogP contribution < -0.4 is 11.5 Å². The molecule has 1 amide bonds. The van der Waals surface area contributed by atoms with Crippen LogP contribution in [0.1, 0.15) is 41.7 Å². The van der Waals surface area contributed by atoms with E-state index in [1.165, 1.54) is 25.7 Å². The lowest BCUT2D eigenvalue weighted by molar-refractivity contribution is 0.0573. The minimum atomic E-state index is 0.0824. The van der Waals surface area contributed by atoms with E-state index in [0.717, 1.165) is 48.6 Å². The Bertz CT molecular complexity index is 1160. The van der Waals surface area contributed by atoms with E-state index >= 15 is 0 Å². The van der Waals surface area contributed by atoms with E-state index < -0.39 is 0 Å². The van der Waals surface area contributed by atoms with Crippen LogP contribution in [0.5, 0.6) is 0 Å². The van der Waals surface area contributed by atoms with Gasteiger partial charge in [-0.1, -0.05) is 25.0 Å². The molecule has 0 radical (unpaired) electrons. The highest BCUT2D eigenvalue weighted by Gasteiger charge is 2.28. The zero-order chi connectivity index (χ0) is 23.7. The molecule has 2 fully saturated rings. The van der Waals surface area contributed by atoms with E-state index in [4.69, 9.17) is 11.5 Å². The van der Waals surface area contributed by atoms with Crippen LogP contribution in [0, 0.1) is 6.92 Å². The number of pyridine rings is 1. The lowest BCUT2D eigenvalue weighted by atomic mass is 9.98. The number of nitrogens with zero attached hydrogens (tertiary/aromatic N) is 5. The summed E-state index contributed by atoms with van der Waals surface area (Å²) < 4.78 is 0. The number of aromatic nitrogens is 3. The summed E-state index contributed by atoms with van der Waals surface area (Å²) in [5, 5.41) is 0. The molecule has 0 spiro atoms. The average molecular weight is 458 g/mol. The molecule has 34 heavy (non-hydrogen) atoms. The number of anilines is 2. The number of amides is 1. The van der Waals surface area contributed by atoms with Crippen molar-refractivity contribution >= 4 is 17.7 Å². The van der Waals surface area contributed by atoms with Crippen LogP contribution in [0.4, 0.5) is 11.8 Å². The average Bonchev–Trinajstić information content (AvgIpc) is 3.39. The molecular formula is C26H31N7O. The van der Waals surface area contributed by atoms with Crippen LogP contribution in [0.2, 0.25) is 0 Å². The zero-order valence-corrected chi connectivity index (χ0v) is 19.6. The third-order valence-electron chi connectivity index (χ3n) is 7.03. The number of piperazine rings is 1. The molecule has 1 aromatic carbocycles. The summed E-state index contributed by atoms with van der Waals surface area (Å²) in [6.07, 6.45) is 6.99. The van der Waals surface area contributed by atoms with Crippen molar-refractivity contribution in [2.45, 2.75) is 38.6 Å². The topological polar surface area (TPSA) is 114 Å². The molecule has 1 saturated carbocycles. The first kappa shape index (κ1) is 22.3. The van der Waals surface area contributed by atoms with Crippen molar-refractivity contribution in [2.75, 3.05) is 37.6 Å². The van der Waals surface area contributed by atoms with Gasteiger partial charge in [0.1, 0.15) is 5.82 Å². The fourth-order valence-electron chi connectivity index (χ4n) is 5.22. The normalized spacial score (nSPS) is 17.3. The number of carbonyl (C=O) groups is 1. The first-order valence-corrected chi connectivity index (χ1v) is 12.0. The molecular weight excluding hydrogens is 426 g/mol. The summed E-state index contributed by atoms with van der Waals surface area (Å²) in [6.45, 7) is 5.40. The quantitative estimate of drug-likeness (QED) is 0.617. The molecule has 1 saturated heterocycles. The lowest BCUT2D eigenvalue weighted by Crippen LogP contribution is -2.51. The van der Waals surface area contributed by atoms with Crippen LogP contribution >= 0.6 is 0 Å². The number of aryl methyl sites for hydroxylation is 1. The molecule has 0 bridgehead atoms. The minimum absolute atomic E-state index is 0.0824. The molecule has 176 valence electrons. The maximum absolute atomic E-state index is 13.1. The first-order valence-electron chi connectivity index (χ1n) is 12.0. The Balaban J connectivity index is 1.35. The van der Waals surface area contributed by atoms with Crippen LogP contribution in [0.3, 0.4) is 0 Å². The van der Waals surface area contributed by atoms with Gasteiger partial charge in [0.25, 0.3) is 5.91 Å². The van der Waals surface area contributed by atoms with Crippen molar-refractivity contribution in [1.82, 2.24) is 24.8 Å². The fraction of sp³-hybridized carbons (Fsp3) is 0.385. The number of nitrogen functional groups attached to an aromatic ring is 2. The second kappa shape index (κ2) is 9.38. The van der Waals surface area contributed by atoms with Crippen molar-refractivity contribution < 1.29 is 4.79 Å². The highest BCUT2D eigenvalue weighted by atomic mass is 16.2.